The molecule has 1 heterocycles. The van der Waals surface area contributed by atoms with E-state index in [4.69, 9.17) is 0 Å². The monoisotopic (exact) mass is 561 g/mol. The number of nitriles is 1. The maximum absolute atomic E-state index is 13.5. The van der Waals surface area contributed by atoms with E-state index in [0.717, 1.165) is 25.0 Å². The Kier molecular flexibility index (Phi) is 6.31. The molecule has 2 unspecified atom stereocenters. The van der Waals surface area contributed by atoms with Crippen molar-refractivity contribution in [2.75, 3.05) is 11.1 Å². The van der Waals surface area contributed by atoms with Crippen LogP contribution in [0.25, 0.3) is 0 Å². The van der Waals surface area contributed by atoms with E-state index in [1.54, 1.807) is 0 Å². The Morgan fingerprint density at radius 2 is 1.79 bits per heavy atom. The van der Waals surface area contributed by atoms with E-state index in [9.17, 15) is 41.5 Å². The zero-order valence-electron chi connectivity index (χ0n) is 21.0. The maximum Gasteiger partial charge on any atom is 0.421 e. The number of carbonyl (C=O) groups is 2. The molecule has 2 aromatic carbocycles. The molecule has 2 aliphatic carbocycles. The van der Waals surface area contributed by atoms with Crippen LogP contribution in [0.2, 0.25) is 0 Å². The van der Waals surface area contributed by atoms with Gasteiger partial charge in [-0.2, -0.15) is 18.4 Å². The molecule has 206 valence electrons. The minimum absolute atomic E-state index is 0.0348. The van der Waals surface area contributed by atoms with Crippen molar-refractivity contribution in [1.29, 1.82) is 5.26 Å². The molecule has 0 spiro atoms. The number of rotatable bonds is 7. The quantitative estimate of drug-likeness (QED) is 0.527. The molecule has 39 heavy (non-hydrogen) atoms. The molecule has 1 aliphatic heterocycles. The number of carbonyl (C=O) groups excluding carboxylic acids is 2. The summed E-state index contributed by atoms with van der Waals surface area (Å²) in [5.74, 6) is -1.02. The molecule has 3 aliphatic rings. The standard InChI is InChI=1S/C27H26F3N3O5S/c1-25(36,27(28,29)30)18-4-6-19(7-5-18)32-23(34)22-21-9-8-20(39(37,38)14-16-2-3-16)12-17(21)13-33(22)24(35)26(15-31)10-11-26/h4-9,12,16,22,36H,2-3,10-11,13-14H2,1H3,(H,32,34). The molecule has 2 saturated carbocycles. The fourth-order valence-electron chi connectivity index (χ4n) is 4.81. The zero-order valence-corrected chi connectivity index (χ0v) is 21.8. The highest BCUT2D eigenvalue weighted by Gasteiger charge is 2.56. The van der Waals surface area contributed by atoms with Crippen LogP contribution in [-0.4, -0.2) is 42.2 Å². The van der Waals surface area contributed by atoms with Crippen LogP contribution < -0.4 is 5.32 Å². The number of fused-ring (bicyclic) bond motifs is 1. The highest BCUT2D eigenvalue weighted by molar-refractivity contribution is 7.91. The van der Waals surface area contributed by atoms with Crippen molar-refractivity contribution in [2.24, 2.45) is 11.3 Å². The molecule has 5 rings (SSSR count). The summed E-state index contributed by atoms with van der Waals surface area (Å²) in [4.78, 5) is 28.2. The Balaban J connectivity index is 1.44. The van der Waals surface area contributed by atoms with Gasteiger partial charge in [-0.1, -0.05) is 18.2 Å². The molecular formula is C27H26F3N3O5S. The fraction of sp³-hybridized carbons (Fsp3) is 0.444. The first-order valence-corrected chi connectivity index (χ1v) is 14.1. The van der Waals surface area contributed by atoms with Gasteiger partial charge in [0.2, 0.25) is 5.91 Å². The molecule has 2 amide bonds. The molecule has 0 saturated heterocycles. The van der Waals surface area contributed by atoms with E-state index < -0.39 is 50.4 Å². The Bertz CT molecular complexity index is 1490. The Morgan fingerprint density at radius 3 is 2.33 bits per heavy atom. The lowest BCUT2D eigenvalue weighted by Crippen LogP contribution is -2.40. The first-order valence-electron chi connectivity index (χ1n) is 12.5. The van der Waals surface area contributed by atoms with Gasteiger partial charge in [0.05, 0.1) is 16.7 Å². The van der Waals surface area contributed by atoms with Gasteiger partial charge in [0.25, 0.3) is 5.91 Å². The van der Waals surface area contributed by atoms with Crippen LogP contribution in [0.4, 0.5) is 18.9 Å². The molecule has 12 heteroatoms. The van der Waals surface area contributed by atoms with Gasteiger partial charge < -0.3 is 15.3 Å². The summed E-state index contributed by atoms with van der Waals surface area (Å²) >= 11 is 0. The third-order valence-corrected chi connectivity index (χ3v) is 9.60. The van der Waals surface area contributed by atoms with Crippen molar-refractivity contribution in [3.63, 3.8) is 0 Å². The van der Waals surface area contributed by atoms with Gasteiger partial charge in [0.1, 0.15) is 11.5 Å². The second-order valence-electron chi connectivity index (χ2n) is 10.8. The summed E-state index contributed by atoms with van der Waals surface area (Å²) in [6.07, 6.45) is -2.48. The van der Waals surface area contributed by atoms with Gasteiger partial charge in [-0.25, -0.2) is 8.42 Å². The number of benzene rings is 2. The van der Waals surface area contributed by atoms with Gasteiger partial charge in [0.15, 0.2) is 15.4 Å². The molecule has 2 N–H and O–H groups in total. The predicted molar refractivity (Wildman–Crippen MR) is 132 cm³/mol. The highest BCUT2D eigenvalue weighted by Crippen LogP contribution is 2.50. The Hall–Kier alpha value is -3.43. The van der Waals surface area contributed by atoms with Crippen molar-refractivity contribution in [3.05, 3.63) is 59.2 Å². The minimum Gasteiger partial charge on any atom is -0.376 e. The van der Waals surface area contributed by atoms with Crippen LogP contribution in [-0.2, 0) is 31.6 Å². The normalized spacial score (nSPS) is 21.4. The molecule has 2 fully saturated rings. The SMILES string of the molecule is CC(O)(c1ccc(NC(=O)C2c3ccc(S(=O)(=O)CC4CC4)cc3CN2C(=O)C2(C#N)CC2)cc1)C(F)(F)F. The number of sulfone groups is 1. The van der Waals surface area contributed by atoms with E-state index in [1.807, 2.05) is 6.07 Å². The van der Waals surface area contributed by atoms with Gasteiger partial charge in [-0.05, 0) is 79.5 Å². The topological polar surface area (TPSA) is 128 Å². The molecule has 0 radical (unpaired) electrons. The average Bonchev–Trinajstić information content (AvgIpc) is 3.80. The lowest BCUT2D eigenvalue weighted by Gasteiger charge is -2.27. The number of nitrogens with one attached hydrogen (secondary N) is 1. The summed E-state index contributed by atoms with van der Waals surface area (Å²) in [5.41, 5.74) is -3.71. The summed E-state index contributed by atoms with van der Waals surface area (Å²) in [7, 11) is -3.55. The first-order chi connectivity index (χ1) is 18.2. The molecular weight excluding hydrogens is 535 g/mol. The number of amides is 2. The van der Waals surface area contributed by atoms with Crippen molar-refractivity contribution in [3.8, 4) is 6.07 Å². The van der Waals surface area contributed by atoms with E-state index in [-0.39, 0.29) is 28.8 Å². The number of aliphatic hydroxyl groups is 1. The van der Waals surface area contributed by atoms with Gasteiger partial charge in [-0.3, -0.25) is 9.59 Å². The second-order valence-corrected chi connectivity index (χ2v) is 12.8. The predicted octanol–water partition coefficient (Wildman–Crippen LogP) is 3.97. The Labute approximate surface area is 223 Å². The number of halogens is 3. The van der Waals surface area contributed by atoms with Crippen LogP contribution in [0.15, 0.2) is 47.4 Å². The van der Waals surface area contributed by atoms with Crippen molar-refractivity contribution >= 4 is 27.3 Å². The van der Waals surface area contributed by atoms with Gasteiger partial charge in [0, 0.05) is 12.2 Å². The summed E-state index contributed by atoms with van der Waals surface area (Å²) in [6.45, 7) is 0.567. The molecule has 2 atom stereocenters. The largest absolute Gasteiger partial charge is 0.421 e. The zero-order chi connectivity index (χ0) is 28.4. The third-order valence-electron chi connectivity index (χ3n) is 7.72. The molecule has 0 bridgehead atoms. The van der Waals surface area contributed by atoms with Gasteiger partial charge in [-0.15, -0.1) is 0 Å². The van der Waals surface area contributed by atoms with Crippen LogP contribution >= 0.6 is 0 Å². The summed E-state index contributed by atoms with van der Waals surface area (Å²) < 4.78 is 65.2. The number of hydrogen-bond donors (Lipinski definition) is 2. The molecule has 0 aromatic heterocycles. The molecule has 2 aromatic rings. The maximum atomic E-state index is 13.5. The first kappa shape index (κ1) is 27.1. The van der Waals surface area contributed by atoms with E-state index in [1.165, 1.54) is 35.2 Å². The van der Waals surface area contributed by atoms with Crippen molar-refractivity contribution in [2.45, 2.75) is 61.9 Å². The third kappa shape index (κ3) is 4.89. The van der Waals surface area contributed by atoms with Crippen LogP contribution in [0.1, 0.15) is 55.3 Å². The number of nitrogens with zero attached hydrogens (tertiary/aromatic N) is 2. The highest BCUT2D eigenvalue weighted by atomic mass is 32.2. The average molecular weight is 562 g/mol. The van der Waals surface area contributed by atoms with Crippen molar-refractivity contribution in [1.82, 2.24) is 4.90 Å². The van der Waals surface area contributed by atoms with Crippen molar-refractivity contribution < 1.29 is 36.3 Å². The minimum atomic E-state index is -4.91. The van der Waals surface area contributed by atoms with E-state index >= 15 is 0 Å². The number of alkyl halides is 3. The van der Waals surface area contributed by atoms with Crippen LogP contribution in [0.3, 0.4) is 0 Å². The fourth-order valence-corrected chi connectivity index (χ4v) is 6.55. The summed E-state index contributed by atoms with van der Waals surface area (Å²) in [6, 6.07) is 9.75. The van der Waals surface area contributed by atoms with Crippen LogP contribution in [0, 0.1) is 22.7 Å². The second kappa shape index (κ2) is 9.06. The number of anilines is 1. The lowest BCUT2D eigenvalue weighted by atomic mass is 9.95. The number of hydrogen-bond acceptors (Lipinski definition) is 6. The smallest absolute Gasteiger partial charge is 0.376 e. The lowest BCUT2D eigenvalue weighted by molar-refractivity contribution is -0.258. The van der Waals surface area contributed by atoms with Gasteiger partial charge >= 0.3 is 6.18 Å². The summed E-state index contributed by atoms with van der Waals surface area (Å²) in [5, 5.41) is 22.1. The van der Waals surface area contributed by atoms with E-state index in [2.05, 4.69) is 5.32 Å². The van der Waals surface area contributed by atoms with E-state index in [0.29, 0.717) is 30.9 Å². The molecule has 8 nitrogen and oxygen atoms in total. The Morgan fingerprint density at radius 1 is 1.15 bits per heavy atom. The van der Waals surface area contributed by atoms with Crippen LogP contribution in [0.5, 0.6) is 0 Å².